The number of ether oxygens (including phenoxy) is 1. The average Bonchev–Trinajstić information content (AvgIpc) is 2.75. The Kier molecular flexibility index (Phi) is 5.51. The maximum atomic E-state index is 11.6. The molecule has 1 aromatic rings. The van der Waals surface area contributed by atoms with E-state index in [1.54, 1.807) is 12.3 Å². The molecule has 0 aliphatic heterocycles. The van der Waals surface area contributed by atoms with E-state index in [4.69, 9.17) is 9.94 Å². The van der Waals surface area contributed by atoms with Gasteiger partial charge in [-0.3, -0.25) is 4.72 Å². The van der Waals surface area contributed by atoms with Crippen molar-refractivity contribution in [3.8, 4) is 0 Å². The van der Waals surface area contributed by atoms with Crippen molar-refractivity contribution in [3.05, 3.63) is 11.1 Å². The third kappa shape index (κ3) is 4.59. The fraction of sp³-hybridized carbons (Fsp3) is 0.556. The largest absolute Gasteiger partial charge is 0.411 e. The molecule has 0 amide bonds. The molecule has 0 bridgehead atoms. The Morgan fingerprint density at radius 1 is 1.67 bits per heavy atom. The van der Waals surface area contributed by atoms with Gasteiger partial charge >= 0.3 is 0 Å². The summed E-state index contributed by atoms with van der Waals surface area (Å²) in [6.07, 6.45) is 0.418. The zero-order chi connectivity index (χ0) is 13.6. The standard InChI is InChI=1S/C9H15N3O4S2/c1-7(11-13)8-6-17-9(10-8)12-18(14,15)5-3-4-16-2/h6,13H,3-5H2,1-2H3,(H,10,12)/b11-7+. The number of anilines is 1. The smallest absolute Gasteiger partial charge is 0.234 e. The van der Waals surface area contributed by atoms with Gasteiger partial charge in [0.1, 0.15) is 11.4 Å². The van der Waals surface area contributed by atoms with E-state index < -0.39 is 10.0 Å². The molecule has 0 saturated carbocycles. The molecule has 0 aromatic carbocycles. The zero-order valence-electron chi connectivity index (χ0n) is 10.1. The predicted molar refractivity (Wildman–Crippen MR) is 70.0 cm³/mol. The highest BCUT2D eigenvalue weighted by molar-refractivity contribution is 7.92. The van der Waals surface area contributed by atoms with E-state index in [9.17, 15) is 8.42 Å². The van der Waals surface area contributed by atoms with Crippen LogP contribution < -0.4 is 4.72 Å². The van der Waals surface area contributed by atoms with Crippen LogP contribution in [0, 0.1) is 0 Å². The zero-order valence-corrected chi connectivity index (χ0v) is 11.7. The molecule has 1 rings (SSSR count). The Labute approximate surface area is 110 Å². The highest BCUT2D eigenvalue weighted by atomic mass is 32.2. The number of thiazole rings is 1. The molecule has 0 spiro atoms. The van der Waals surface area contributed by atoms with Gasteiger partial charge in [0.05, 0.1) is 5.75 Å². The summed E-state index contributed by atoms with van der Waals surface area (Å²) in [7, 11) is -1.89. The fourth-order valence-corrected chi connectivity index (χ4v) is 3.20. The van der Waals surface area contributed by atoms with Gasteiger partial charge < -0.3 is 9.94 Å². The van der Waals surface area contributed by atoms with Gasteiger partial charge in [0.2, 0.25) is 10.0 Å². The van der Waals surface area contributed by atoms with Crippen LogP contribution in [0.4, 0.5) is 5.13 Å². The number of nitrogens with one attached hydrogen (secondary N) is 1. The summed E-state index contributed by atoms with van der Waals surface area (Å²) in [5.74, 6) is -0.0250. The molecule has 0 radical (unpaired) electrons. The lowest BCUT2D eigenvalue weighted by molar-refractivity contribution is 0.199. The van der Waals surface area contributed by atoms with Crippen LogP contribution in [0.1, 0.15) is 19.0 Å². The van der Waals surface area contributed by atoms with Gasteiger partial charge in [-0.1, -0.05) is 5.16 Å². The summed E-state index contributed by atoms with van der Waals surface area (Å²) in [5, 5.41) is 13.4. The Bertz CT molecular complexity index is 510. The van der Waals surface area contributed by atoms with Crippen molar-refractivity contribution in [2.24, 2.45) is 5.16 Å². The first-order chi connectivity index (χ1) is 8.48. The molecule has 0 unspecified atom stereocenters. The third-order valence-electron chi connectivity index (χ3n) is 2.03. The van der Waals surface area contributed by atoms with Crippen molar-refractivity contribution in [2.75, 3.05) is 24.2 Å². The molecule has 102 valence electrons. The minimum Gasteiger partial charge on any atom is -0.411 e. The summed E-state index contributed by atoms with van der Waals surface area (Å²) in [6, 6.07) is 0. The highest BCUT2D eigenvalue weighted by Gasteiger charge is 2.13. The van der Waals surface area contributed by atoms with E-state index >= 15 is 0 Å². The van der Waals surface area contributed by atoms with Crippen molar-refractivity contribution in [1.82, 2.24) is 4.98 Å². The van der Waals surface area contributed by atoms with Gasteiger partial charge in [-0.05, 0) is 13.3 Å². The molecule has 18 heavy (non-hydrogen) atoms. The lowest BCUT2D eigenvalue weighted by Crippen LogP contribution is -2.17. The van der Waals surface area contributed by atoms with E-state index in [1.165, 1.54) is 7.11 Å². The van der Waals surface area contributed by atoms with Gasteiger partial charge in [-0.2, -0.15) is 0 Å². The van der Waals surface area contributed by atoms with Gasteiger partial charge in [-0.25, -0.2) is 13.4 Å². The normalized spacial score (nSPS) is 12.7. The molecule has 0 aliphatic carbocycles. The number of oxime groups is 1. The number of nitrogens with zero attached hydrogens (tertiary/aromatic N) is 2. The number of aromatic nitrogens is 1. The predicted octanol–water partition coefficient (Wildman–Crippen LogP) is 1.12. The molecule has 9 heteroatoms. The lowest BCUT2D eigenvalue weighted by atomic mass is 10.3. The Hall–Kier alpha value is -1.19. The Morgan fingerprint density at radius 2 is 2.39 bits per heavy atom. The molecular weight excluding hydrogens is 278 g/mol. The molecule has 2 N–H and O–H groups in total. The minimum absolute atomic E-state index is 0.0250. The van der Waals surface area contributed by atoms with Crippen molar-refractivity contribution in [1.29, 1.82) is 0 Å². The number of rotatable bonds is 7. The topological polar surface area (TPSA) is 101 Å². The van der Waals surface area contributed by atoms with Crippen LogP contribution in [0.2, 0.25) is 0 Å². The molecular formula is C9H15N3O4S2. The Balaban J connectivity index is 2.64. The van der Waals surface area contributed by atoms with Crippen molar-refractivity contribution in [3.63, 3.8) is 0 Å². The molecule has 0 aliphatic rings. The van der Waals surface area contributed by atoms with Crippen LogP contribution in [-0.4, -0.2) is 43.8 Å². The van der Waals surface area contributed by atoms with Crippen molar-refractivity contribution in [2.45, 2.75) is 13.3 Å². The quantitative estimate of drug-likeness (QED) is 0.339. The number of hydrogen-bond donors (Lipinski definition) is 2. The number of methoxy groups -OCH3 is 1. The van der Waals surface area contributed by atoms with Crippen molar-refractivity contribution < 1.29 is 18.4 Å². The van der Waals surface area contributed by atoms with Crippen LogP contribution in [0.25, 0.3) is 0 Å². The summed E-state index contributed by atoms with van der Waals surface area (Å²) < 4.78 is 30.4. The van der Waals surface area contributed by atoms with Crippen LogP contribution in [0.15, 0.2) is 10.5 Å². The fourth-order valence-electron chi connectivity index (χ4n) is 1.12. The van der Waals surface area contributed by atoms with Gasteiger partial charge in [0.25, 0.3) is 0 Å². The van der Waals surface area contributed by atoms with E-state index in [0.717, 1.165) is 11.3 Å². The molecule has 0 atom stereocenters. The number of hydrogen-bond acceptors (Lipinski definition) is 7. The van der Waals surface area contributed by atoms with E-state index in [2.05, 4.69) is 14.9 Å². The first-order valence-corrected chi connectivity index (χ1v) is 7.65. The summed E-state index contributed by atoms with van der Waals surface area (Å²) in [4.78, 5) is 4.00. The van der Waals surface area contributed by atoms with Crippen LogP contribution in [-0.2, 0) is 14.8 Å². The first-order valence-electron chi connectivity index (χ1n) is 5.12. The average molecular weight is 293 g/mol. The van der Waals surface area contributed by atoms with Gasteiger partial charge in [0, 0.05) is 19.1 Å². The van der Waals surface area contributed by atoms with Gasteiger partial charge in [0.15, 0.2) is 5.13 Å². The second-order valence-corrected chi connectivity index (χ2v) is 6.19. The first kappa shape index (κ1) is 14.9. The molecule has 0 fully saturated rings. The van der Waals surface area contributed by atoms with Crippen LogP contribution in [0.3, 0.4) is 0 Å². The SMILES string of the molecule is COCCCS(=O)(=O)Nc1nc(/C(C)=N/O)cs1. The number of sulfonamides is 1. The second-order valence-electron chi connectivity index (χ2n) is 3.49. The van der Waals surface area contributed by atoms with Gasteiger partial charge in [-0.15, -0.1) is 11.3 Å². The van der Waals surface area contributed by atoms with Crippen LogP contribution >= 0.6 is 11.3 Å². The summed E-state index contributed by atoms with van der Waals surface area (Å²) in [6.45, 7) is 1.96. The lowest BCUT2D eigenvalue weighted by Gasteiger charge is -2.04. The third-order valence-corrected chi connectivity index (χ3v) is 4.25. The molecule has 1 aromatic heterocycles. The second kappa shape index (κ2) is 6.66. The molecule has 0 saturated heterocycles. The minimum atomic E-state index is -3.41. The van der Waals surface area contributed by atoms with Crippen molar-refractivity contribution >= 4 is 32.2 Å². The van der Waals surface area contributed by atoms with E-state index in [1.807, 2.05) is 0 Å². The molecule has 1 heterocycles. The highest BCUT2D eigenvalue weighted by Crippen LogP contribution is 2.17. The molecule has 7 nitrogen and oxygen atoms in total. The monoisotopic (exact) mass is 293 g/mol. The maximum Gasteiger partial charge on any atom is 0.234 e. The summed E-state index contributed by atoms with van der Waals surface area (Å²) in [5.41, 5.74) is 0.771. The maximum absolute atomic E-state index is 11.6. The Morgan fingerprint density at radius 3 is 3.00 bits per heavy atom. The van der Waals surface area contributed by atoms with Crippen LogP contribution in [0.5, 0.6) is 0 Å². The van der Waals surface area contributed by atoms with E-state index in [0.29, 0.717) is 24.4 Å². The summed E-state index contributed by atoms with van der Waals surface area (Å²) >= 11 is 1.13. The van der Waals surface area contributed by atoms with E-state index in [-0.39, 0.29) is 10.9 Å².